The van der Waals surface area contributed by atoms with Crippen LogP contribution in [0.5, 0.6) is 11.6 Å². The zero-order valence-corrected chi connectivity index (χ0v) is 25.6. The highest BCUT2D eigenvalue weighted by molar-refractivity contribution is 7.91. The van der Waals surface area contributed by atoms with E-state index in [1.165, 1.54) is 4.90 Å². The molecular weight excluding hydrogens is 625 g/mol. The maximum atomic E-state index is 13.7. The van der Waals surface area contributed by atoms with E-state index >= 15 is 0 Å². The molecule has 4 aromatic rings. The van der Waals surface area contributed by atoms with Crippen LogP contribution in [0.2, 0.25) is 0 Å². The topological polar surface area (TPSA) is 143 Å². The van der Waals surface area contributed by atoms with E-state index in [0.29, 0.717) is 58.5 Å². The van der Waals surface area contributed by atoms with Crippen LogP contribution in [0, 0.1) is 6.92 Å². The molecule has 46 heavy (non-hydrogen) atoms. The summed E-state index contributed by atoms with van der Waals surface area (Å²) in [5.74, 6) is 0.105. The Labute approximate surface area is 262 Å². The molecule has 1 aliphatic rings. The second-order valence-corrected chi connectivity index (χ2v) is 12.8. The third-order valence-corrected chi connectivity index (χ3v) is 8.71. The van der Waals surface area contributed by atoms with Crippen molar-refractivity contribution in [1.82, 2.24) is 19.9 Å². The van der Waals surface area contributed by atoms with Crippen LogP contribution >= 0.6 is 0 Å². The van der Waals surface area contributed by atoms with Crippen molar-refractivity contribution in [2.24, 2.45) is 0 Å². The number of nitrogens with one attached hydrogen (secondary N) is 2. The van der Waals surface area contributed by atoms with Crippen molar-refractivity contribution in [3.05, 3.63) is 89.5 Å². The van der Waals surface area contributed by atoms with Gasteiger partial charge in [0.05, 0.1) is 28.3 Å². The number of ether oxygens (including phenoxy) is 1. The van der Waals surface area contributed by atoms with Crippen LogP contribution in [-0.4, -0.2) is 64.8 Å². The smallest absolute Gasteiger partial charge is 0.416 e. The van der Waals surface area contributed by atoms with Gasteiger partial charge in [0.2, 0.25) is 5.88 Å². The van der Waals surface area contributed by atoms with Crippen LogP contribution in [-0.2, 0) is 22.4 Å². The molecule has 15 heteroatoms. The number of carbonyl (C=O) groups excluding carboxylic acids is 2. The number of sulfone groups is 1. The third-order valence-electron chi connectivity index (χ3n) is 7.11. The first kappa shape index (κ1) is 32.3. The molecule has 1 aliphatic heterocycles. The van der Waals surface area contributed by atoms with Crippen LogP contribution in [0.4, 0.5) is 29.3 Å². The molecular formula is C31H29F3N6O5S. The SMILES string of the molecule is CCc1nccc(-c2cccnc2Oc2ccc(NC(=O)Nc3cc(C(=O)N4CCS(=O)(=O)CC4)cc(C(F)(F)F)c3)cc2C)n1. The first-order valence-corrected chi connectivity index (χ1v) is 16.0. The van der Waals surface area contributed by atoms with E-state index in [-0.39, 0.29) is 35.8 Å². The van der Waals surface area contributed by atoms with Crippen LogP contribution < -0.4 is 15.4 Å². The van der Waals surface area contributed by atoms with Gasteiger partial charge in [0, 0.05) is 48.8 Å². The molecule has 0 unspecified atom stereocenters. The predicted octanol–water partition coefficient (Wildman–Crippen LogP) is 5.74. The Morgan fingerprint density at radius 2 is 1.70 bits per heavy atom. The van der Waals surface area contributed by atoms with Crippen LogP contribution in [0.1, 0.15) is 34.2 Å². The zero-order chi connectivity index (χ0) is 33.1. The Morgan fingerprint density at radius 1 is 0.957 bits per heavy atom. The molecule has 1 saturated heterocycles. The van der Waals surface area contributed by atoms with E-state index in [1.54, 1.807) is 49.6 Å². The highest BCUT2D eigenvalue weighted by Gasteiger charge is 2.33. The van der Waals surface area contributed by atoms with Crippen molar-refractivity contribution < 1.29 is 35.9 Å². The quantitative estimate of drug-likeness (QED) is 0.257. The number of urea groups is 1. The molecule has 0 radical (unpaired) electrons. The molecule has 2 aromatic heterocycles. The maximum Gasteiger partial charge on any atom is 0.416 e. The third kappa shape index (κ3) is 7.77. The summed E-state index contributed by atoms with van der Waals surface area (Å²) in [7, 11) is -3.31. The number of aromatic nitrogens is 3. The van der Waals surface area contributed by atoms with Crippen molar-refractivity contribution in [3.8, 4) is 22.9 Å². The Bertz CT molecular complexity index is 1890. The number of hydrogen-bond donors (Lipinski definition) is 2. The molecule has 11 nitrogen and oxygen atoms in total. The fourth-order valence-corrected chi connectivity index (χ4v) is 5.91. The van der Waals surface area contributed by atoms with E-state index in [9.17, 15) is 31.2 Å². The van der Waals surface area contributed by atoms with Crippen molar-refractivity contribution >= 4 is 33.2 Å². The molecule has 2 N–H and O–H groups in total. The molecule has 1 fully saturated rings. The summed E-state index contributed by atoms with van der Waals surface area (Å²) < 4.78 is 70.6. The molecule has 0 bridgehead atoms. The number of nitrogens with zero attached hydrogens (tertiary/aromatic N) is 4. The fraction of sp³-hybridized carbons (Fsp3) is 0.258. The molecule has 5 rings (SSSR count). The van der Waals surface area contributed by atoms with Gasteiger partial charge in [0.25, 0.3) is 5.91 Å². The summed E-state index contributed by atoms with van der Waals surface area (Å²) in [6, 6.07) is 11.8. The number of carbonyl (C=O) groups is 2. The molecule has 0 spiro atoms. The van der Waals surface area contributed by atoms with Gasteiger partial charge in [0.15, 0.2) is 9.84 Å². The molecule has 0 atom stereocenters. The van der Waals surface area contributed by atoms with Gasteiger partial charge in [-0.15, -0.1) is 0 Å². The molecule has 240 valence electrons. The normalized spacial score (nSPS) is 14.4. The summed E-state index contributed by atoms with van der Waals surface area (Å²) in [4.78, 5) is 40.1. The van der Waals surface area contributed by atoms with Gasteiger partial charge >= 0.3 is 12.2 Å². The predicted molar refractivity (Wildman–Crippen MR) is 165 cm³/mol. The van der Waals surface area contributed by atoms with Crippen LogP contribution in [0.3, 0.4) is 0 Å². The van der Waals surface area contributed by atoms with Crippen molar-refractivity contribution in [1.29, 1.82) is 0 Å². The highest BCUT2D eigenvalue weighted by atomic mass is 32.2. The lowest BCUT2D eigenvalue weighted by Gasteiger charge is -2.27. The summed E-state index contributed by atoms with van der Waals surface area (Å²) in [5, 5.41) is 4.92. The average Bonchev–Trinajstić information content (AvgIpc) is 3.01. The number of halogens is 3. The lowest BCUT2D eigenvalue weighted by Crippen LogP contribution is -2.43. The van der Waals surface area contributed by atoms with Gasteiger partial charge in [-0.25, -0.2) is 28.2 Å². The Hall–Kier alpha value is -5.05. The Morgan fingerprint density at radius 3 is 2.39 bits per heavy atom. The number of pyridine rings is 1. The first-order valence-electron chi connectivity index (χ1n) is 14.2. The minimum atomic E-state index is -4.80. The lowest BCUT2D eigenvalue weighted by atomic mass is 10.1. The molecule has 0 aliphatic carbocycles. The largest absolute Gasteiger partial charge is 0.438 e. The second kappa shape index (κ2) is 13.1. The van der Waals surface area contributed by atoms with Gasteiger partial charge in [-0.2, -0.15) is 13.2 Å². The van der Waals surface area contributed by atoms with Crippen LogP contribution in [0.15, 0.2) is 67.0 Å². The van der Waals surface area contributed by atoms with E-state index in [2.05, 4.69) is 25.6 Å². The number of rotatable bonds is 7. The number of hydrogen-bond acceptors (Lipinski definition) is 8. The number of aryl methyl sites for hydroxylation is 2. The minimum absolute atomic E-state index is 0.137. The van der Waals surface area contributed by atoms with Crippen molar-refractivity contribution in [2.45, 2.75) is 26.4 Å². The number of alkyl halides is 3. The Balaban J connectivity index is 1.30. The standard InChI is InChI=1S/C31H29F3N6O5S/c1-3-27-35-10-8-25(39-27)24-5-4-9-36-28(24)45-26-7-6-22(15-19(26)2)37-30(42)38-23-17-20(16-21(18-23)31(32,33)34)29(41)40-11-13-46(43,44)14-12-40/h4-10,15-18H,3,11-14H2,1-2H3,(H2,37,38,42). The number of benzene rings is 2. The number of amides is 3. The summed E-state index contributed by atoms with van der Waals surface area (Å²) in [5.41, 5.74) is 0.513. The van der Waals surface area contributed by atoms with E-state index in [1.807, 2.05) is 13.0 Å². The second-order valence-electron chi connectivity index (χ2n) is 10.5. The molecule has 3 amide bonds. The monoisotopic (exact) mass is 654 g/mol. The fourth-order valence-electron chi connectivity index (χ4n) is 4.71. The van der Waals surface area contributed by atoms with Crippen molar-refractivity contribution in [2.75, 3.05) is 35.2 Å². The molecule has 0 saturated carbocycles. The van der Waals surface area contributed by atoms with Crippen molar-refractivity contribution in [3.63, 3.8) is 0 Å². The summed E-state index contributed by atoms with van der Waals surface area (Å²) in [6.45, 7) is 3.42. The van der Waals surface area contributed by atoms with Gasteiger partial charge in [-0.3, -0.25) is 4.79 Å². The Kier molecular flexibility index (Phi) is 9.23. The van der Waals surface area contributed by atoms with Gasteiger partial charge in [-0.05, 0) is 67.1 Å². The van der Waals surface area contributed by atoms with Gasteiger partial charge in [0.1, 0.15) is 11.6 Å². The minimum Gasteiger partial charge on any atom is -0.438 e. The molecule has 3 heterocycles. The average molecular weight is 655 g/mol. The summed E-state index contributed by atoms with van der Waals surface area (Å²) >= 11 is 0. The van der Waals surface area contributed by atoms with E-state index in [0.717, 1.165) is 6.07 Å². The molecule has 2 aromatic carbocycles. The maximum absolute atomic E-state index is 13.7. The highest BCUT2D eigenvalue weighted by Crippen LogP contribution is 2.34. The number of anilines is 2. The van der Waals surface area contributed by atoms with Gasteiger partial charge in [-0.1, -0.05) is 6.92 Å². The zero-order valence-electron chi connectivity index (χ0n) is 24.8. The van der Waals surface area contributed by atoms with Crippen LogP contribution in [0.25, 0.3) is 11.3 Å². The lowest BCUT2D eigenvalue weighted by molar-refractivity contribution is -0.137. The van der Waals surface area contributed by atoms with E-state index < -0.39 is 33.5 Å². The first-order chi connectivity index (χ1) is 21.8. The summed E-state index contributed by atoms with van der Waals surface area (Å²) in [6.07, 6.45) is -0.901. The van der Waals surface area contributed by atoms with Gasteiger partial charge < -0.3 is 20.3 Å². The van der Waals surface area contributed by atoms with E-state index in [4.69, 9.17) is 4.74 Å².